The van der Waals surface area contributed by atoms with Gasteiger partial charge in [-0.05, 0) is 29.8 Å². The SMILES string of the molecule is CC.Cc1ccc2c3c(ccc2c1)C(=O)c1c(OS(=O)(=O)C(F)(F)F)cccc1C3=O. The van der Waals surface area contributed by atoms with E-state index >= 15 is 0 Å². The van der Waals surface area contributed by atoms with Gasteiger partial charge in [-0.25, -0.2) is 0 Å². The monoisotopic (exact) mass is 450 g/mol. The first-order chi connectivity index (χ1) is 14.5. The largest absolute Gasteiger partial charge is 0.534 e. The fourth-order valence-corrected chi connectivity index (χ4v) is 3.81. The summed E-state index contributed by atoms with van der Waals surface area (Å²) in [6.07, 6.45) is 0. The Hall–Kier alpha value is -3.20. The number of aryl methyl sites for hydroxylation is 1. The molecule has 0 amide bonds. The maximum absolute atomic E-state index is 13.1. The lowest BCUT2D eigenvalue weighted by Gasteiger charge is -2.21. The van der Waals surface area contributed by atoms with Gasteiger partial charge in [-0.1, -0.05) is 55.8 Å². The van der Waals surface area contributed by atoms with E-state index in [1.165, 1.54) is 12.1 Å². The van der Waals surface area contributed by atoms with Crippen LogP contribution in [-0.4, -0.2) is 25.5 Å². The van der Waals surface area contributed by atoms with Crippen LogP contribution >= 0.6 is 0 Å². The van der Waals surface area contributed by atoms with Gasteiger partial charge < -0.3 is 4.18 Å². The van der Waals surface area contributed by atoms with Crippen molar-refractivity contribution in [3.63, 3.8) is 0 Å². The van der Waals surface area contributed by atoms with Gasteiger partial charge in [0.05, 0.1) is 5.56 Å². The molecule has 0 spiro atoms. The van der Waals surface area contributed by atoms with Gasteiger partial charge in [0.2, 0.25) is 0 Å². The van der Waals surface area contributed by atoms with Crippen molar-refractivity contribution in [2.75, 3.05) is 0 Å². The number of alkyl halides is 3. The van der Waals surface area contributed by atoms with Crippen LogP contribution in [0.1, 0.15) is 51.3 Å². The van der Waals surface area contributed by atoms with Crippen LogP contribution in [0, 0.1) is 6.92 Å². The molecule has 0 saturated heterocycles. The molecular formula is C22H17F3O5S. The van der Waals surface area contributed by atoms with E-state index in [9.17, 15) is 31.2 Å². The molecule has 0 aromatic heterocycles. The molecule has 0 fully saturated rings. The van der Waals surface area contributed by atoms with E-state index < -0.39 is 38.5 Å². The molecule has 0 radical (unpaired) electrons. The topological polar surface area (TPSA) is 77.5 Å². The number of carbonyl (C=O) groups is 2. The normalized spacial score (nSPS) is 13.2. The van der Waals surface area contributed by atoms with Gasteiger partial charge in [-0.2, -0.15) is 21.6 Å². The maximum atomic E-state index is 13.1. The first-order valence-corrected chi connectivity index (χ1v) is 10.7. The Morgan fingerprint density at radius 1 is 0.839 bits per heavy atom. The predicted octanol–water partition coefficient (Wildman–Crippen LogP) is 5.18. The van der Waals surface area contributed by atoms with E-state index in [1.54, 1.807) is 18.2 Å². The van der Waals surface area contributed by atoms with Crippen molar-refractivity contribution in [1.82, 2.24) is 0 Å². The van der Waals surface area contributed by atoms with Crippen LogP contribution in [-0.2, 0) is 10.1 Å². The van der Waals surface area contributed by atoms with Crippen molar-refractivity contribution in [3.05, 3.63) is 76.3 Å². The van der Waals surface area contributed by atoms with Gasteiger partial charge in [0.15, 0.2) is 17.3 Å². The van der Waals surface area contributed by atoms with Crippen molar-refractivity contribution >= 4 is 32.5 Å². The molecule has 0 saturated carbocycles. The van der Waals surface area contributed by atoms with Crippen LogP contribution in [0.3, 0.4) is 0 Å². The van der Waals surface area contributed by atoms with Crippen molar-refractivity contribution in [1.29, 1.82) is 0 Å². The second kappa shape index (κ2) is 7.81. The van der Waals surface area contributed by atoms with Gasteiger partial charge in [0, 0.05) is 16.7 Å². The van der Waals surface area contributed by atoms with E-state index in [0.717, 1.165) is 23.1 Å². The Balaban J connectivity index is 0.00000132. The lowest BCUT2D eigenvalue weighted by molar-refractivity contribution is -0.0500. The number of hydrogen-bond donors (Lipinski definition) is 0. The van der Waals surface area contributed by atoms with Crippen LogP contribution < -0.4 is 4.18 Å². The van der Waals surface area contributed by atoms with E-state index in [4.69, 9.17) is 0 Å². The molecule has 0 bridgehead atoms. The Kier molecular flexibility index (Phi) is 5.66. The standard InChI is InChI=1S/C20H11F3O5S.C2H6/c1-10-5-7-12-11(9-10)6-8-14-16(12)18(24)13-3-2-4-15(17(13)19(14)25)28-29(26,27)20(21,22)23;1-2/h2-9H,1H3;1-2H3. The number of carbonyl (C=O) groups excluding carboxylic acids is 2. The molecular weight excluding hydrogens is 433 g/mol. The molecule has 0 heterocycles. The molecule has 5 nitrogen and oxygen atoms in total. The third-order valence-electron chi connectivity index (χ3n) is 4.63. The molecule has 3 aromatic carbocycles. The Bertz CT molecular complexity index is 1320. The predicted molar refractivity (Wildman–Crippen MR) is 109 cm³/mol. The number of fused-ring (bicyclic) bond motifs is 4. The zero-order valence-corrected chi connectivity index (χ0v) is 17.5. The van der Waals surface area contributed by atoms with Crippen molar-refractivity contribution in [2.45, 2.75) is 26.3 Å². The van der Waals surface area contributed by atoms with E-state index in [2.05, 4.69) is 4.18 Å². The van der Waals surface area contributed by atoms with E-state index in [-0.39, 0.29) is 16.7 Å². The average molecular weight is 450 g/mol. The highest BCUT2D eigenvalue weighted by molar-refractivity contribution is 7.88. The van der Waals surface area contributed by atoms with Gasteiger partial charge in [0.25, 0.3) is 0 Å². The fourth-order valence-electron chi connectivity index (χ4n) is 3.34. The summed E-state index contributed by atoms with van der Waals surface area (Å²) >= 11 is 0. The summed E-state index contributed by atoms with van der Waals surface area (Å²) in [6, 6.07) is 11.6. The molecule has 4 rings (SSSR count). The van der Waals surface area contributed by atoms with E-state index in [0.29, 0.717) is 5.39 Å². The first-order valence-electron chi connectivity index (χ1n) is 9.28. The first kappa shape index (κ1) is 22.5. The smallest absolute Gasteiger partial charge is 0.375 e. The van der Waals surface area contributed by atoms with Gasteiger partial charge >= 0.3 is 15.6 Å². The third-order valence-corrected chi connectivity index (χ3v) is 5.59. The molecule has 162 valence electrons. The summed E-state index contributed by atoms with van der Waals surface area (Å²) < 4.78 is 65.1. The summed E-state index contributed by atoms with van der Waals surface area (Å²) in [7, 11) is -6.01. The van der Waals surface area contributed by atoms with Crippen molar-refractivity contribution in [3.8, 4) is 5.75 Å². The number of halogens is 3. The van der Waals surface area contributed by atoms with Gasteiger partial charge in [-0.15, -0.1) is 0 Å². The van der Waals surface area contributed by atoms with E-state index in [1.807, 2.05) is 26.8 Å². The molecule has 9 heteroatoms. The average Bonchev–Trinajstić information content (AvgIpc) is 2.71. The zero-order chi connectivity index (χ0) is 23.1. The van der Waals surface area contributed by atoms with Crippen LogP contribution in [0.25, 0.3) is 10.8 Å². The quantitative estimate of drug-likeness (QED) is 0.311. The van der Waals surface area contributed by atoms with Crippen LogP contribution in [0.4, 0.5) is 13.2 Å². The Labute approximate surface area is 176 Å². The minimum Gasteiger partial charge on any atom is -0.375 e. The molecule has 0 unspecified atom stereocenters. The second-order valence-corrected chi connectivity index (χ2v) is 8.07. The molecule has 0 atom stereocenters. The molecule has 1 aliphatic carbocycles. The maximum Gasteiger partial charge on any atom is 0.534 e. The Morgan fingerprint density at radius 3 is 2.10 bits per heavy atom. The van der Waals surface area contributed by atoms with Gasteiger partial charge in [-0.3, -0.25) is 9.59 Å². The lowest BCUT2D eigenvalue weighted by Crippen LogP contribution is -2.30. The zero-order valence-electron chi connectivity index (χ0n) is 16.7. The molecule has 0 N–H and O–H groups in total. The number of rotatable bonds is 2. The van der Waals surface area contributed by atoms with Crippen LogP contribution in [0.2, 0.25) is 0 Å². The second-order valence-electron chi connectivity index (χ2n) is 6.53. The minimum absolute atomic E-state index is 0.0284. The number of benzene rings is 3. The summed E-state index contributed by atoms with van der Waals surface area (Å²) in [5.74, 6) is -2.23. The number of ketones is 2. The minimum atomic E-state index is -6.01. The fraction of sp³-hybridized carbons (Fsp3) is 0.182. The molecule has 1 aliphatic rings. The molecule has 0 aliphatic heterocycles. The molecule has 31 heavy (non-hydrogen) atoms. The Morgan fingerprint density at radius 2 is 1.45 bits per heavy atom. The highest BCUT2D eigenvalue weighted by Gasteiger charge is 2.49. The van der Waals surface area contributed by atoms with Crippen LogP contribution in [0.5, 0.6) is 5.75 Å². The van der Waals surface area contributed by atoms with Crippen LogP contribution in [0.15, 0.2) is 48.5 Å². The molecule has 3 aromatic rings. The third kappa shape index (κ3) is 3.69. The van der Waals surface area contributed by atoms with Crippen molar-refractivity contribution in [2.24, 2.45) is 0 Å². The summed E-state index contributed by atoms with van der Waals surface area (Å²) in [5.41, 5.74) is -5.37. The summed E-state index contributed by atoms with van der Waals surface area (Å²) in [4.78, 5) is 26.1. The highest BCUT2D eigenvalue weighted by Crippen LogP contribution is 2.38. The summed E-state index contributed by atoms with van der Waals surface area (Å²) in [5, 5.41) is 1.24. The van der Waals surface area contributed by atoms with Crippen molar-refractivity contribution < 1.29 is 35.4 Å². The highest BCUT2D eigenvalue weighted by atomic mass is 32.2. The van der Waals surface area contributed by atoms with Gasteiger partial charge in [0.1, 0.15) is 0 Å². The number of hydrogen-bond acceptors (Lipinski definition) is 5. The lowest BCUT2D eigenvalue weighted by atomic mass is 9.81. The summed E-state index contributed by atoms with van der Waals surface area (Å²) in [6.45, 7) is 5.87.